The highest BCUT2D eigenvalue weighted by molar-refractivity contribution is 9.10. The fourth-order valence-electron chi connectivity index (χ4n) is 2.93. The summed E-state index contributed by atoms with van der Waals surface area (Å²) in [4.78, 5) is 21.2. The van der Waals surface area contributed by atoms with E-state index in [1.165, 1.54) is 36.3 Å². The zero-order valence-corrected chi connectivity index (χ0v) is 17.6. The molecular formula is C18H18BrFN6O3. The molecule has 0 aliphatic rings. The lowest BCUT2D eigenvalue weighted by atomic mass is 10.1. The molecule has 0 atom stereocenters. The van der Waals surface area contributed by atoms with E-state index in [9.17, 15) is 14.5 Å². The predicted molar refractivity (Wildman–Crippen MR) is 107 cm³/mol. The van der Waals surface area contributed by atoms with E-state index in [1.54, 1.807) is 25.1 Å². The summed E-state index contributed by atoms with van der Waals surface area (Å²) in [5, 5.41) is 15.8. The van der Waals surface area contributed by atoms with E-state index in [2.05, 4.69) is 31.0 Å². The number of pyridine rings is 1. The van der Waals surface area contributed by atoms with Gasteiger partial charge in [-0.1, -0.05) is 0 Å². The second kappa shape index (κ2) is 8.62. The Kier molecular flexibility index (Phi) is 6.18. The monoisotopic (exact) mass is 464 g/mol. The van der Waals surface area contributed by atoms with Crippen LogP contribution in [0, 0.1) is 15.9 Å². The first-order valence-electron chi connectivity index (χ1n) is 8.49. The zero-order chi connectivity index (χ0) is 21.1. The van der Waals surface area contributed by atoms with Gasteiger partial charge < -0.3 is 4.74 Å². The fraction of sp³-hybridized carbons (Fsp3) is 0.278. The third kappa shape index (κ3) is 4.74. The van der Waals surface area contributed by atoms with Crippen LogP contribution in [-0.2, 0) is 20.1 Å². The lowest BCUT2D eigenvalue weighted by Gasteiger charge is -2.18. The smallest absolute Gasteiger partial charge is 0.312 e. The molecule has 0 unspecified atom stereocenters. The van der Waals surface area contributed by atoms with Gasteiger partial charge in [-0.25, -0.2) is 14.4 Å². The Morgan fingerprint density at radius 3 is 2.72 bits per heavy atom. The minimum Gasteiger partial charge on any atom is -0.490 e. The van der Waals surface area contributed by atoms with E-state index < -0.39 is 10.7 Å². The van der Waals surface area contributed by atoms with E-state index >= 15 is 0 Å². The van der Waals surface area contributed by atoms with Crippen LogP contribution in [0.1, 0.15) is 11.3 Å². The van der Waals surface area contributed by atoms with Crippen molar-refractivity contribution in [3.63, 3.8) is 0 Å². The minimum absolute atomic E-state index is 0.0901. The number of nitro benzene ring substituents is 1. The van der Waals surface area contributed by atoms with Crippen molar-refractivity contribution in [2.45, 2.75) is 13.1 Å². The Balaban J connectivity index is 1.95. The van der Waals surface area contributed by atoms with Gasteiger partial charge in [0, 0.05) is 26.2 Å². The van der Waals surface area contributed by atoms with Crippen molar-refractivity contribution in [2.24, 2.45) is 7.05 Å². The maximum Gasteiger partial charge on any atom is 0.312 e. The van der Waals surface area contributed by atoms with Crippen LogP contribution >= 0.6 is 15.9 Å². The van der Waals surface area contributed by atoms with Gasteiger partial charge in [0.2, 0.25) is 5.75 Å². The quantitative estimate of drug-likeness (QED) is 0.300. The number of hydrogen-bond acceptors (Lipinski definition) is 7. The molecule has 1 aromatic carbocycles. The summed E-state index contributed by atoms with van der Waals surface area (Å²) in [5.41, 5.74) is 1.14. The molecule has 0 saturated heterocycles. The normalized spacial score (nSPS) is 11.1. The van der Waals surface area contributed by atoms with E-state index in [0.29, 0.717) is 28.1 Å². The standard InChI is InChI=1S/C18H18BrFN6O3/c1-24(9-14-13(20)4-5-16(19)22-14)8-11-6-12(18-21-10-25(2)23-18)17(29-3)15(7-11)26(27)28/h4-7,10H,8-9H2,1-3H3. The van der Waals surface area contributed by atoms with Crippen LogP contribution in [-0.4, -0.2) is 43.7 Å². The number of methoxy groups -OCH3 is 1. The molecule has 0 saturated carbocycles. The summed E-state index contributed by atoms with van der Waals surface area (Å²) in [5.74, 6) is -0.0110. The molecule has 9 nitrogen and oxygen atoms in total. The number of hydrogen-bond donors (Lipinski definition) is 0. The number of nitrogens with zero attached hydrogens (tertiary/aromatic N) is 6. The van der Waals surface area contributed by atoms with Crippen molar-refractivity contribution in [3.05, 3.63) is 62.4 Å². The first kappa shape index (κ1) is 20.8. The van der Waals surface area contributed by atoms with Crippen molar-refractivity contribution in [1.82, 2.24) is 24.6 Å². The molecule has 2 aromatic heterocycles. The SMILES string of the molecule is COc1c(-c2ncn(C)n2)cc(CN(C)Cc2nc(Br)ccc2F)cc1[N+](=O)[O-]. The van der Waals surface area contributed by atoms with Crippen molar-refractivity contribution in [2.75, 3.05) is 14.2 Å². The van der Waals surface area contributed by atoms with E-state index in [1.807, 2.05) is 0 Å². The largest absolute Gasteiger partial charge is 0.490 e. The van der Waals surface area contributed by atoms with Gasteiger partial charge in [0.25, 0.3) is 0 Å². The van der Waals surface area contributed by atoms with Crippen LogP contribution in [0.3, 0.4) is 0 Å². The molecule has 0 bridgehead atoms. The number of aryl methyl sites for hydroxylation is 1. The molecule has 0 N–H and O–H groups in total. The number of aromatic nitrogens is 4. The van der Waals surface area contributed by atoms with Gasteiger partial charge >= 0.3 is 5.69 Å². The summed E-state index contributed by atoms with van der Waals surface area (Å²) >= 11 is 3.23. The predicted octanol–water partition coefficient (Wildman–Crippen LogP) is 3.33. The number of rotatable bonds is 7. The van der Waals surface area contributed by atoms with Crippen LogP contribution in [0.2, 0.25) is 0 Å². The van der Waals surface area contributed by atoms with Gasteiger partial charge in [0.1, 0.15) is 16.7 Å². The highest BCUT2D eigenvalue weighted by atomic mass is 79.9. The van der Waals surface area contributed by atoms with Gasteiger partial charge in [-0.15, -0.1) is 0 Å². The highest BCUT2D eigenvalue weighted by Crippen LogP contribution is 2.38. The maximum atomic E-state index is 14.0. The lowest BCUT2D eigenvalue weighted by Crippen LogP contribution is -2.19. The van der Waals surface area contributed by atoms with Crippen LogP contribution in [0.25, 0.3) is 11.4 Å². The fourth-order valence-corrected chi connectivity index (χ4v) is 3.28. The average molecular weight is 465 g/mol. The summed E-state index contributed by atoms with van der Waals surface area (Å²) in [7, 11) is 4.84. The summed E-state index contributed by atoms with van der Waals surface area (Å²) < 4.78 is 21.3. The van der Waals surface area contributed by atoms with Crippen LogP contribution in [0.4, 0.5) is 10.1 Å². The Morgan fingerprint density at radius 2 is 2.10 bits per heavy atom. The molecule has 152 valence electrons. The van der Waals surface area contributed by atoms with Crippen LogP contribution < -0.4 is 4.74 Å². The molecule has 29 heavy (non-hydrogen) atoms. The van der Waals surface area contributed by atoms with Gasteiger partial charge in [-0.2, -0.15) is 5.10 Å². The number of ether oxygens (including phenoxy) is 1. The number of halogens is 2. The number of benzene rings is 1. The first-order valence-corrected chi connectivity index (χ1v) is 9.28. The topological polar surface area (TPSA) is 99.2 Å². The van der Waals surface area contributed by atoms with Gasteiger partial charge in [0.15, 0.2) is 5.82 Å². The summed E-state index contributed by atoms with van der Waals surface area (Å²) in [6, 6.07) is 6.04. The molecule has 0 radical (unpaired) electrons. The highest BCUT2D eigenvalue weighted by Gasteiger charge is 2.24. The molecular weight excluding hydrogens is 447 g/mol. The Bertz CT molecular complexity index is 1060. The molecule has 0 spiro atoms. The molecule has 0 amide bonds. The molecule has 11 heteroatoms. The van der Waals surface area contributed by atoms with Gasteiger partial charge in [-0.05, 0) is 46.7 Å². The zero-order valence-electron chi connectivity index (χ0n) is 16.0. The molecule has 0 aliphatic carbocycles. The lowest BCUT2D eigenvalue weighted by molar-refractivity contribution is -0.385. The van der Waals surface area contributed by atoms with Crippen molar-refractivity contribution in [1.29, 1.82) is 0 Å². The van der Waals surface area contributed by atoms with Crippen LogP contribution in [0.15, 0.2) is 35.2 Å². The average Bonchev–Trinajstić information content (AvgIpc) is 3.10. The van der Waals surface area contributed by atoms with E-state index in [4.69, 9.17) is 4.74 Å². The van der Waals surface area contributed by atoms with Crippen molar-refractivity contribution in [3.8, 4) is 17.1 Å². The maximum absolute atomic E-state index is 14.0. The molecule has 3 aromatic rings. The molecule has 2 heterocycles. The molecule has 0 aliphatic heterocycles. The summed E-state index contributed by atoms with van der Waals surface area (Å²) in [6.07, 6.45) is 1.50. The third-order valence-corrected chi connectivity index (χ3v) is 4.57. The second-order valence-electron chi connectivity index (χ2n) is 6.43. The van der Waals surface area contributed by atoms with Crippen LogP contribution in [0.5, 0.6) is 5.75 Å². The van der Waals surface area contributed by atoms with Gasteiger partial charge in [-0.3, -0.25) is 19.7 Å². The Morgan fingerprint density at radius 1 is 1.34 bits per heavy atom. The minimum atomic E-state index is -0.510. The van der Waals surface area contributed by atoms with E-state index in [0.717, 1.165) is 0 Å². The molecule has 0 fully saturated rings. The van der Waals surface area contributed by atoms with Crippen molar-refractivity contribution >= 4 is 21.6 Å². The summed E-state index contributed by atoms with van der Waals surface area (Å²) in [6.45, 7) is 0.542. The number of nitro groups is 1. The second-order valence-corrected chi connectivity index (χ2v) is 7.24. The van der Waals surface area contributed by atoms with E-state index in [-0.39, 0.29) is 23.7 Å². The molecule has 3 rings (SSSR count). The Hall–Kier alpha value is -2.92. The van der Waals surface area contributed by atoms with Gasteiger partial charge in [0.05, 0.1) is 23.3 Å². The first-order chi connectivity index (χ1) is 13.8. The van der Waals surface area contributed by atoms with Crippen molar-refractivity contribution < 1.29 is 14.1 Å². The third-order valence-electron chi connectivity index (χ3n) is 4.13. The Labute approximate surface area is 174 Å².